The van der Waals surface area contributed by atoms with Gasteiger partial charge in [-0.3, -0.25) is 4.79 Å². The summed E-state index contributed by atoms with van der Waals surface area (Å²) in [5.41, 5.74) is 0.721. The number of carbonyl (C=O) groups is 1. The van der Waals surface area contributed by atoms with Gasteiger partial charge in [-0.1, -0.05) is 0 Å². The third kappa shape index (κ3) is 5.26. The monoisotopic (exact) mass is 441 g/mol. The number of nitrogens with one attached hydrogen (secondary N) is 1. The van der Waals surface area contributed by atoms with E-state index in [1.807, 2.05) is 0 Å². The molecule has 8 heteroatoms. The highest BCUT2D eigenvalue weighted by atomic mass is 79.9. The lowest BCUT2D eigenvalue weighted by atomic mass is 10.1. The molecule has 0 heterocycles. The lowest BCUT2D eigenvalue weighted by Crippen LogP contribution is -2.36. The van der Waals surface area contributed by atoms with Crippen molar-refractivity contribution in [3.05, 3.63) is 46.2 Å². The molecule has 2 aromatic rings. The highest BCUT2D eigenvalue weighted by Crippen LogP contribution is 2.34. The van der Waals surface area contributed by atoms with Crippen LogP contribution in [0.2, 0.25) is 0 Å². The first-order chi connectivity index (χ1) is 12.9. The van der Waals surface area contributed by atoms with Gasteiger partial charge in [0.2, 0.25) is 0 Å². The lowest BCUT2D eigenvalue weighted by Gasteiger charge is -2.17. The van der Waals surface area contributed by atoms with Crippen molar-refractivity contribution >= 4 is 21.8 Å². The molecule has 0 saturated heterocycles. The molecule has 2 aromatic carbocycles. The number of halogens is 2. The van der Waals surface area contributed by atoms with Crippen molar-refractivity contribution in [3.63, 3.8) is 0 Å². The Morgan fingerprint density at radius 2 is 1.67 bits per heavy atom. The number of hydrogen-bond acceptors (Lipinski definition) is 5. The third-order valence-electron chi connectivity index (χ3n) is 3.81. The number of rotatable bonds is 8. The average molecular weight is 442 g/mol. The Hall–Kier alpha value is -2.48. The van der Waals surface area contributed by atoms with Gasteiger partial charge >= 0.3 is 0 Å². The lowest BCUT2D eigenvalue weighted by molar-refractivity contribution is -0.127. The summed E-state index contributed by atoms with van der Waals surface area (Å²) < 4.78 is 35.0. The van der Waals surface area contributed by atoms with Crippen LogP contribution in [0.5, 0.6) is 23.0 Å². The molecule has 6 nitrogen and oxygen atoms in total. The van der Waals surface area contributed by atoms with Crippen LogP contribution in [0.25, 0.3) is 0 Å². The predicted molar refractivity (Wildman–Crippen MR) is 102 cm³/mol. The molecule has 0 saturated carbocycles. The zero-order valence-corrected chi connectivity index (χ0v) is 17.1. The summed E-state index contributed by atoms with van der Waals surface area (Å²) in [6.07, 6.45) is -0.780. The van der Waals surface area contributed by atoms with Gasteiger partial charge in [0.15, 0.2) is 17.6 Å². The minimum atomic E-state index is -0.780. The molecule has 1 unspecified atom stereocenters. The van der Waals surface area contributed by atoms with E-state index < -0.39 is 11.9 Å². The summed E-state index contributed by atoms with van der Waals surface area (Å²) in [5, 5.41) is 2.78. The predicted octanol–water partition coefficient (Wildman–Crippen LogP) is 3.70. The standard InChI is InChI=1S/C19H21BrFNO5/c1-11(27-15-6-5-13(21)8-14(15)20)19(23)22-10-12-7-17(25-3)18(26-4)9-16(12)24-2/h5-9,11H,10H2,1-4H3,(H,22,23). The molecule has 27 heavy (non-hydrogen) atoms. The summed E-state index contributed by atoms with van der Waals surface area (Å²) in [6.45, 7) is 1.82. The second-order valence-corrected chi connectivity index (χ2v) is 6.43. The number of methoxy groups -OCH3 is 3. The Labute approximate surface area is 165 Å². The highest BCUT2D eigenvalue weighted by Gasteiger charge is 2.18. The van der Waals surface area contributed by atoms with E-state index in [2.05, 4.69) is 21.2 Å². The topological polar surface area (TPSA) is 66.0 Å². The Bertz CT molecular complexity index is 815. The molecular weight excluding hydrogens is 421 g/mol. The van der Waals surface area contributed by atoms with E-state index >= 15 is 0 Å². The zero-order valence-electron chi connectivity index (χ0n) is 15.5. The first kappa shape index (κ1) is 20.8. The largest absolute Gasteiger partial charge is 0.496 e. The molecule has 0 bridgehead atoms. The number of ether oxygens (including phenoxy) is 4. The molecule has 1 N–H and O–H groups in total. The van der Waals surface area contributed by atoms with Crippen molar-refractivity contribution in [1.29, 1.82) is 0 Å². The van der Waals surface area contributed by atoms with E-state index in [4.69, 9.17) is 18.9 Å². The van der Waals surface area contributed by atoms with Crippen LogP contribution in [0.1, 0.15) is 12.5 Å². The minimum absolute atomic E-state index is 0.209. The van der Waals surface area contributed by atoms with E-state index in [0.717, 1.165) is 5.56 Å². The van der Waals surface area contributed by atoms with E-state index in [-0.39, 0.29) is 12.5 Å². The normalized spacial score (nSPS) is 11.5. The van der Waals surface area contributed by atoms with Gasteiger partial charge in [-0.15, -0.1) is 0 Å². The summed E-state index contributed by atoms with van der Waals surface area (Å²) in [5.74, 6) is 1.27. The van der Waals surface area contributed by atoms with E-state index in [0.29, 0.717) is 27.5 Å². The molecule has 0 fully saturated rings. The van der Waals surface area contributed by atoms with Crippen molar-refractivity contribution in [2.24, 2.45) is 0 Å². The number of benzene rings is 2. The highest BCUT2D eigenvalue weighted by molar-refractivity contribution is 9.10. The van der Waals surface area contributed by atoms with Crippen molar-refractivity contribution in [2.75, 3.05) is 21.3 Å². The van der Waals surface area contributed by atoms with Gasteiger partial charge in [0.25, 0.3) is 5.91 Å². The molecule has 0 aliphatic heterocycles. The quantitative estimate of drug-likeness (QED) is 0.676. The van der Waals surface area contributed by atoms with Crippen LogP contribution < -0.4 is 24.3 Å². The van der Waals surface area contributed by atoms with Crippen molar-refractivity contribution < 1.29 is 28.1 Å². The Kier molecular flexibility index (Phi) is 7.29. The second-order valence-electron chi connectivity index (χ2n) is 5.57. The molecular formula is C19H21BrFNO5. The van der Waals surface area contributed by atoms with Crippen LogP contribution in [0.15, 0.2) is 34.8 Å². The van der Waals surface area contributed by atoms with Gasteiger partial charge in [0.05, 0.1) is 25.8 Å². The molecule has 0 spiro atoms. The van der Waals surface area contributed by atoms with Gasteiger partial charge < -0.3 is 24.3 Å². The fraction of sp³-hybridized carbons (Fsp3) is 0.316. The van der Waals surface area contributed by atoms with Crippen LogP contribution in [0, 0.1) is 5.82 Å². The SMILES string of the molecule is COc1cc(OC)c(OC)cc1CNC(=O)C(C)Oc1ccc(F)cc1Br. The average Bonchev–Trinajstić information content (AvgIpc) is 2.67. The van der Waals surface area contributed by atoms with Gasteiger partial charge in [0.1, 0.15) is 17.3 Å². The van der Waals surface area contributed by atoms with Crippen LogP contribution in [0.4, 0.5) is 4.39 Å². The summed E-state index contributed by atoms with van der Waals surface area (Å²) in [6, 6.07) is 7.42. The number of carbonyl (C=O) groups excluding carboxylic acids is 1. The Morgan fingerprint density at radius 1 is 1.04 bits per heavy atom. The Morgan fingerprint density at radius 3 is 2.26 bits per heavy atom. The van der Waals surface area contributed by atoms with Crippen molar-refractivity contribution in [1.82, 2.24) is 5.32 Å². The molecule has 146 valence electrons. The third-order valence-corrected chi connectivity index (χ3v) is 4.43. The maximum Gasteiger partial charge on any atom is 0.261 e. The van der Waals surface area contributed by atoms with Gasteiger partial charge in [0, 0.05) is 18.2 Å². The fourth-order valence-corrected chi connectivity index (χ4v) is 2.82. The molecule has 0 aliphatic carbocycles. The maximum atomic E-state index is 13.1. The van der Waals surface area contributed by atoms with E-state index in [1.165, 1.54) is 39.5 Å². The molecule has 0 aliphatic rings. The fourth-order valence-electron chi connectivity index (χ4n) is 2.37. The molecule has 0 radical (unpaired) electrons. The summed E-state index contributed by atoms with van der Waals surface area (Å²) in [4.78, 5) is 12.4. The Balaban J connectivity index is 2.05. The maximum absolute atomic E-state index is 13.1. The molecule has 0 aromatic heterocycles. The van der Waals surface area contributed by atoms with Crippen molar-refractivity contribution in [3.8, 4) is 23.0 Å². The second kappa shape index (κ2) is 9.45. The number of amides is 1. The molecule has 1 atom stereocenters. The minimum Gasteiger partial charge on any atom is -0.496 e. The van der Waals surface area contributed by atoms with E-state index in [9.17, 15) is 9.18 Å². The van der Waals surface area contributed by atoms with Gasteiger partial charge in [-0.25, -0.2) is 4.39 Å². The summed E-state index contributed by atoms with van der Waals surface area (Å²) in [7, 11) is 4.60. The summed E-state index contributed by atoms with van der Waals surface area (Å²) >= 11 is 3.21. The molecule has 1 amide bonds. The first-order valence-corrected chi connectivity index (χ1v) is 8.87. The van der Waals surface area contributed by atoms with Crippen LogP contribution >= 0.6 is 15.9 Å². The van der Waals surface area contributed by atoms with Gasteiger partial charge in [-0.05, 0) is 47.1 Å². The smallest absolute Gasteiger partial charge is 0.261 e. The van der Waals surface area contributed by atoms with Crippen LogP contribution in [-0.2, 0) is 11.3 Å². The number of hydrogen-bond donors (Lipinski definition) is 1. The van der Waals surface area contributed by atoms with Crippen LogP contribution in [0.3, 0.4) is 0 Å². The first-order valence-electron chi connectivity index (χ1n) is 8.07. The molecule has 2 rings (SSSR count). The van der Waals surface area contributed by atoms with Crippen LogP contribution in [-0.4, -0.2) is 33.3 Å². The van der Waals surface area contributed by atoms with E-state index in [1.54, 1.807) is 19.1 Å². The van der Waals surface area contributed by atoms with Gasteiger partial charge in [-0.2, -0.15) is 0 Å². The zero-order chi connectivity index (χ0) is 20.0. The van der Waals surface area contributed by atoms with Crippen molar-refractivity contribution in [2.45, 2.75) is 19.6 Å².